The van der Waals surface area contributed by atoms with Crippen LogP contribution in [0.15, 0.2) is 24.4 Å². The maximum absolute atomic E-state index is 6.02. The number of H-pyrrole nitrogens is 1. The molecule has 2 aromatic rings. The van der Waals surface area contributed by atoms with E-state index in [1.807, 2.05) is 25.3 Å². The molecule has 2 rings (SSSR count). The third-order valence-corrected chi connectivity index (χ3v) is 2.61. The van der Waals surface area contributed by atoms with E-state index in [-0.39, 0.29) is 6.04 Å². The van der Waals surface area contributed by atoms with Crippen LogP contribution in [0, 0.1) is 0 Å². The van der Waals surface area contributed by atoms with Gasteiger partial charge in [0, 0.05) is 17.6 Å². The van der Waals surface area contributed by atoms with E-state index in [0.29, 0.717) is 0 Å². The van der Waals surface area contributed by atoms with Gasteiger partial charge in [-0.1, -0.05) is 29.8 Å². The fraction of sp³-hybridized carbons (Fsp3) is 0.273. The molecule has 0 radical (unpaired) electrons. The Morgan fingerprint density at radius 1 is 1.50 bits per heavy atom. The van der Waals surface area contributed by atoms with Crippen molar-refractivity contribution in [3.8, 4) is 0 Å². The molecular formula is C11H13ClN2. The summed E-state index contributed by atoms with van der Waals surface area (Å²) in [7, 11) is 0. The molecule has 0 bridgehead atoms. The largest absolute Gasteiger partial charge is 0.360 e. The van der Waals surface area contributed by atoms with E-state index in [1.54, 1.807) is 0 Å². The molecule has 0 aliphatic rings. The molecule has 1 unspecified atom stereocenters. The molecule has 0 aliphatic heterocycles. The third-order valence-electron chi connectivity index (χ3n) is 2.29. The summed E-state index contributed by atoms with van der Waals surface area (Å²) >= 11 is 6.02. The van der Waals surface area contributed by atoms with Crippen LogP contribution in [0.5, 0.6) is 0 Å². The van der Waals surface area contributed by atoms with Crippen LogP contribution in [0.2, 0.25) is 5.02 Å². The topological polar surface area (TPSA) is 41.8 Å². The second-order valence-corrected chi connectivity index (χ2v) is 4.06. The number of para-hydroxylation sites is 1. The van der Waals surface area contributed by atoms with Gasteiger partial charge >= 0.3 is 0 Å². The molecule has 14 heavy (non-hydrogen) atoms. The van der Waals surface area contributed by atoms with Crippen LogP contribution >= 0.6 is 11.6 Å². The maximum Gasteiger partial charge on any atom is 0.0659 e. The molecular weight excluding hydrogens is 196 g/mol. The Bertz CT molecular complexity index is 445. The van der Waals surface area contributed by atoms with Crippen molar-refractivity contribution in [3.63, 3.8) is 0 Å². The third kappa shape index (κ3) is 1.63. The summed E-state index contributed by atoms with van der Waals surface area (Å²) in [6, 6.07) is 6.28. The summed E-state index contributed by atoms with van der Waals surface area (Å²) in [5.74, 6) is 0. The Morgan fingerprint density at radius 2 is 2.29 bits per heavy atom. The number of hydrogen-bond acceptors (Lipinski definition) is 1. The Labute approximate surface area is 88.1 Å². The van der Waals surface area contributed by atoms with Crippen LogP contribution in [0.1, 0.15) is 12.5 Å². The van der Waals surface area contributed by atoms with Crippen molar-refractivity contribution in [1.82, 2.24) is 4.98 Å². The first-order valence-electron chi connectivity index (χ1n) is 4.68. The minimum atomic E-state index is 0.169. The number of fused-ring (bicyclic) bond motifs is 1. The summed E-state index contributed by atoms with van der Waals surface area (Å²) in [6.07, 6.45) is 2.69. The molecule has 0 spiro atoms. The average Bonchev–Trinajstić information content (AvgIpc) is 2.49. The van der Waals surface area contributed by atoms with Gasteiger partial charge in [-0.25, -0.2) is 0 Å². The molecule has 0 fully saturated rings. The first-order valence-corrected chi connectivity index (χ1v) is 5.06. The van der Waals surface area contributed by atoms with E-state index in [9.17, 15) is 0 Å². The Balaban J connectivity index is 2.54. The standard InChI is InChI=1S/C11H13ClN2/c1-7(13)5-8-3-2-4-9-10(12)6-14-11(8)9/h2-4,6-7,14H,5,13H2,1H3. The molecule has 3 N–H and O–H groups in total. The van der Waals surface area contributed by atoms with Crippen LogP contribution in [-0.4, -0.2) is 11.0 Å². The highest BCUT2D eigenvalue weighted by molar-refractivity contribution is 6.35. The average molecular weight is 209 g/mol. The lowest BCUT2D eigenvalue weighted by Crippen LogP contribution is -2.17. The van der Waals surface area contributed by atoms with Gasteiger partial charge in [0.25, 0.3) is 0 Å². The number of benzene rings is 1. The lowest BCUT2D eigenvalue weighted by Gasteiger charge is -2.06. The first kappa shape index (κ1) is 9.56. The van der Waals surface area contributed by atoms with E-state index in [4.69, 9.17) is 17.3 Å². The molecule has 1 aromatic heterocycles. The molecule has 74 valence electrons. The summed E-state index contributed by atoms with van der Waals surface area (Å²) < 4.78 is 0. The van der Waals surface area contributed by atoms with Crippen LogP contribution in [0.3, 0.4) is 0 Å². The highest BCUT2D eigenvalue weighted by atomic mass is 35.5. The highest BCUT2D eigenvalue weighted by Gasteiger charge is 2.06. The zero-order chi connectivity index (χ0) is 10.1. The highest BCUT2D eigenvalue weighted by Crippen LogP contribution is 2.25. The van der Waals surface area contributed by atoms with Gasteiger partial charge in [-0.2, -0.15) is 0 Å². The zero-order valence-electron chi connectivity index (χ0n) is 8.05. The minimum absolute atomic E-state index is 0.169. The molecule has 0 aliphatic carbocycles. The number of rotatable bonds is 2. The Hall–Kier alpha value is -0.990. The minimum Gasteiger partial charge on any atom is -0.360 e. The first-order chi connectivity index (χ1) is 6.68. The normalized spacial score (nSPS) is 13.4. The lowest BCUT2D eigenvalue weighted by atomic mass is 10.1. The van der Waals surface area contributed by atoms with Crippen LogP contribution in [0.4, 0.5) is 0 Å². The summed E-state index contributed by atoms with van der Waals surface area (Å²) in [5.41, 5.74) is 8.11. The summed E-state index contributed by atoms with van der Waals surface area (Å²) in [4.78, 5) is 3.17. The fourth-order valence-electron chi connectivity index (χ4n) is 1.70. The number of aromatic amines is 1. The van der Waals surface area contributed by atoms with Gasteiger partial charge in [0.05, 0.1) is 10.5 Å². The van der Waals surface area contributed by atoms with Crippen molar-refractivity contribution in [2.24, 2.45) is 5.73 Å². The lowest BCUT2D eigenvalue weighted by molar-refractivity contribution is 0.741. The van der Waals surface area contributed by atoms with E-state index in [0.717, 1.165) is 22.3 Å². The van der Waals surface area contributed by atoms with Crippen molar-refractivity contribution in [2.75, 3.05) is 0 Å². The van der Waals surface area contributed by atoms with Crippen molar-refractivity contribution >= 4 is 22.5 Å². The molecule has 1 aromatic carbocycles. The van der Waals surface area contributed by atoms with Gasteiger partial charge in [-0.3, -0.25) is 0 Å². The predicted octanol–water partition coefficient (Wildman–Crippen LogP) is 2.71. The number of hydrogen-bond donors (Lipinski definition) is 2. The van der Waals surface area contributed by atoms with Crippen molar-refractivity contribution in [3.05, 3.63) is 35.0 Å². The van der Waals surface area contributed by atoms with Gasteiger partial charge < -0.3 is 10.7 Å². The van der Waals surface area contributed by atoms with Gasteiger partial charge in [-0.15, -0.1) is 0 Å². The molecule has 2 nitrogen and oxygen atoms in total. The second-order valence-electron chi connectivity index (χ2n) is 3.66. The molecule has 1 atom stereocenters. The van der Waals surface area contributed by atoms with E-state index in [2.05, 4.69) is 11.1 Å². The van der Waals surface area contributed by atoms with Crippen LogP contribution in [0.25, 0.3) is 10.9 Å². The number of aromatic nitrogens is 1. The fourth-order valence-corrected chi connectivity index (χ4v) is 1.91. The molecule has 0 saturated carbocycles. The van der Waals surface area contributed by atoms with E-state index in [1.165, 1.54) is 5.56 Å². The van der Waals surface area contributed by atoms with Gasteiger partial charge in [0.2, 0.25) is 0 Å². The van der Waals surface area contributed by atoms with E-state index < -0.39 is 0 Å². The Morgan fingerprint density at radius 3 is 3.00 bits per heavy atom. The summed E-state index contributed by atoms with van der Waals surface area (Å²) in [5, 5.41) is 1.84. The maximum atomic E-state index is 6.02. The predicted molar refractivity (Wildman–Crippen MR) is 60.7 cm³/mol. The number of nitrogens with two attached hydrogens (primary N) is 1. The van der Waals surface area contributed by atoms with Crippen LogP contribution < -0.4 is 5.73 Å². The molecule has 1 heterocycles. The van der Waals surface area contributed by atoms with Crippen molar-refractivity contribution < 1.29 is 0 Å². The van der Waals surface area contributed by atoms with Crippen LogP contribution in [-0.2, 0) is 6.42 Å². The van der Waals surface area contributed by atoms with Gasteiger partial charge in [0.1, 0.15) is 0 Å². The molecule has 3 heteroatoms. The monoisotopic (exact) mass is 208 g/mol. The van der Waals surface area contributed by atoms with E-state index >= 15 is 0 Å². The smallest absolute Gasteiger partial charge is 0.0659 e. The van der Waals surface area contributed by atoms with Crippen molar-refractivity contribution in [2.45, 2.75) is 19.4 Å². The van der Waals surface area contributed by atoms with Gasteiger partial charge in [0.15, 0.2) is 0 Å². The summed E-state index contributed by atoms with van der Waals surface area (Å²) in [6.45, 7) is 2.00. The molecule has 0 saturated heterocycles. The Kier molecular flexibility index (Phi) is 2.48. The number of nitrogens with one attached hydrogen (secondary N) is 1. The van der Waals surface area contributed by atoms with Crippen molar-refractivity contribution in [1.29, 1.82) is 0 Å². The van der Waals surface area contributed by atoms with Gasteiger partial charge in [-0.05, 0) is 18.9 Å². The SMILES string of the molecule is CC(N)Cc1cccc2c(Cl)c[nH]c12. The number of halogens is 1. The zero-order valence-corrected chi connectivity index (χ0v) is 8.81. The quantitative estimate of drug-likeness (QED) is 0.783. The second kappa shape index (κ2) is 3.64. The molecule has 0 amide bonds.